The summed E-state index contributed by atoms with van der Waals surface area (Å²) in [6, 6.07) is 9.14. The van der Waals surface area contributed by atoms with Crippen LogP contribution in [0.5, 0.6) is 5.75 Å². The largest absolute Gasteiger partial charge is 0.415 e. The van der Waals surface area contributed by atoms with E-state index in [1.165, 1.54) is 0 Å². The van der Waals surface area contributed by atoms with Gasteiger partial charge in [-0.1, -0.05) is 18.2 Å². The molecule has 1 aromatic rings. The topological polar surface area (TPSA) is 79.0 Å². The average Bonchev–Trinajstić information content (AvgIpc) is 3.05. The Morgan fingerprint density at radius 3 is 2.41 bits per heavy atom. The van der Waals surface area contributed by atoms with Crippen LogP contribution in [-0.2, 0) is 9.59 Å². The fourth-order valence-corrected chi connectivity index (χ4v) is 3.59. The Morgan fingerprint density at radius 2 is 1.81 bits per heavy atom. The van der Waals surface area contributed by atoms with Crippen LogP contribution in [0.1, 0.15) is 33.1 Å². The van der Waals surface area contributed by atoms with Crippen LogP contribution in [0.2, 0.25) is 0 Å². The van der Waals surface area contributed by atoms with Crippen LogP contribution in [0.3, 0.4) is 0 Å². The van der Waals surface area contributed by atoms with Gasteiger partial charge in [0.05, 0.1) is 5.92 Å². The van der Waals surface area contributed by atoms with Crippen LogP contribution >= 0.6 is 0 Å². The Hall–Kier alpha value is -2.57. The van der Waals surface area contributed by atoms with Crippen molar-refractivity contribution in [3.05, 3.63) is 30.3 Å². The molecule has 2 saturated heterocycles. The predicted octanol–water partition coefficient (Wildman–Crippen LogP) is 2.02. The number of para-hydroxylation sites is 1. The van der Waals surface area contributed by atoms with Gasteiger partial charge >= 0.3 is 6.09 Å². The number of ether oxygens (including phenoxy) is 1. The molecule has 7 nitrogen and oxygen atoms in total. The molecule has 0 bridgehead atoms. The zero-order valence-corrected chi connectivity index (χ0v) is 15.9. The van der Waals surface area contributed by atoms with Crippen molar-refractivity contribution in [3.63, 3.8) is 0 Å². The normalized spacial score (nSPS) is 20.9. The number of amides is 3. The van der Waals surface area contributed by atoms with Gasteiger partial charge in [0.2, 0.25) is 11.8 Å². The summed E-state index contributed by atoms with van der Waals surface area (Å²) >= 11 is 0. The van der Waals surface area contributed by atoms with Gasteiger partial charge in [0.25, 0.3) is 0 Å². The first-order chi connectivity index (χ1) is 12.9. The second-order valence-corrected chi connectivity index (χ2v) is 7.49. The van der Waals surface area contributed by atoms with E-state index in [1.54, 1.807) is 21.9 Å². The monoisotopic (exact) mass is 373 g/mol. The van der Waals surface area contributed by atoms with Crippen LogP contribution in [0.4, 0.5) is 4.79 Å². The molecule has 1 N–H and O–H groups in total. The minimum absolute atomic E-state index is 0.0291. The van der Waals surface area contributed by atoms with Crippen molar-refractivity contribution in [2.45, 2.75) is 45.2 Å². The van der Waals surface area contributed by atoms with Crippen molar-refractivity contribution < 1.29 is 19.1 Å². The molecule has 0 spiro atoms. The van der Waals surface area contributed by atoms with Gasteiger partial charge < -0.3 is 19.9 Å². The van der Waals surface area contributed by atoms with Gasteiger partial charge in [0.1, 0.15) is 5.75 Å². The van der Waals surface area contributed by atoms with Gasteiger partial charge in [-0.3, -0.25) is 9.59 Å². The Kier molecular flexibility index (Phi) is 5.98. The molecule has 2 heterocycles. The molecular weight excluding hydrogens is 346 g/mol. The molecule has 0 saturated carbocycles. The van der Waals surface area contributed by atoms with Gasteiger partial charge in [-0.15, -0.1) is 0 Å². The summed E-state index contributed by atoms with van der Waals surface area (Å²) in [5.41, 5.74) is 0. The van der Waals surface area contributed by atoms with E-state index in [0.29, 0.717) is 38.2 Å². The van der Waals surface area contributed by atoms with Gasteiger partial charge in [0, 0.05) is 38.1 Å². The first-order valence-corrected chi connectivity index (χ1v) is 9.55. The highest BCUT2D eigenvalue weighted by molar-refractivity contribution is 5.89. The third-order valence-electron chi connectivity index (χ3n) is 5.20. The molecule has 7 heteroatoms. The highest BCUT2D eigenvalue weighted by Crippen LogP contribution is 2.21. The number of rotatable bonds is 4. The molecule has 1 aromatic carbocycles. The lowest BCUT2D eigenvalue weighted by molar-refractivity contribution is -0.130. The van der Waals surface area contributed by atoms with Crippen molar-refractivity contribution in [1.29, 1.82) is 0 Å². The smallest absolute Gasteiger partial charge is 0.410 e. The van der Waals surface area contributed by atoms with E-state index in [9.17, 15) is 14.4 Å². The number of benzene rings is 1. The molecule has 3 amide bonds. The van der Waals surface area contributed by atoms with Crippen molar-refractivity contribution >= 4 is 17.9 Å². The quantitative estimate of drug-likeness (QED) is 0.876. The number of hydrogen-bond donors (Lipinski definition) is 1. The van der Waals surface area contributed by atoms with Crippen molar-refractivity contribution in [1.82, 2.24) is 15.1 Å². The van der Waals surface area contributed by atoms with Crippen molar-refractivity contribution in [3.8, 4) is 5.75 Å². The summed E-state index contributed by atoms with van der Waals surface area (Å²) in [5.74, 6) is 0.236. The molecule has 1 unspecified atom stereocenters. The molecule has 3 rings (SSSR count). The van der Waals surface area contributed by atoms with E-state index >= 15 is 0 Å². The van der Waals surface area contributed by atoms with Gasteiger partial charge in [-0.25, -0.2) is 4.79 Å². The van der Waals surface area contributed by atoms with Crippen LogP contribution in [0.25, 0.3) is 0 Å². The molecule has 0 aliphatic carbocycles. The van der Waals surface area contributed by atoms with Gasteiger partial charge in [0.15, 0.2) is 0 Å². The Morgan fingerprint density at radius 1 is 1.15 bits per heavy atom. The highest BCUT2D eigenvalue weighted by atomic mass is 16.6. The molecule has 27 heavy (non-hydrogen) atoms. The van der Waals surface area contributed by atoms with Crippen LogP contribution < -0.4 is 10.1 Å². The number of hydrogen-bond acceptors (Lipinski definition) is 4. The van der Waals surface area contributed by atoms with Crippen molar-refractivity contribution in [2.24, 2.45) is 5.92 Å². The summed E-state index contributed by atoms with van der Waals surface area (Å²) in [5, 5.41) is 3.05. The predicted molar refractivity (Wildman–Crippen MR) is 100 cm³/mol. The molecule has 0 radical (unpaired) electrons. The van der Waals surface area contributed by atoms with Gasteiger partial charge in [-0.2, -0.15) is 0 Å². The SMILES string of the molecule is CC(C)N1CC(C(=O)NC2CCN(C(=O)Oc3ccccc3)CC2)CC1=O. The van der Waals surface area contributed by atoms with E-state index in [1.807, 2.05) is 32.0 Å². The fraction of sp³-hybridized carbons (Fsp3) is 0.550. The molecule has 146 valence electrons. The maximum atomic E-state index is 12.5. The van der Waals surface area contributed by atoms with Crippen LogP contribution in [0.15, 0.2) is 30.3 Å². The number of carbonyl (C=O) groups is 3. The lowest BCUT2D eigenvalue weighted by Crippen LogP contribution is -2.48. The second-order valence-electron chi connectivity index (χ2n) is 7.49. The Labute approximate surface area is 159 Å². The van der Waals surface area contributed by atoms with Crippen LogP contribution in [-0.4, -0.2) is 59.4 Å². The first-order valence-electron chi connectivity index (χ1n) is 9.55. The number of nitrogens with zero attached hydrogens (tertiary/aromatic N) is 2. The average molecular weight is 373 g/mol. The fourth-order valence-electron chi connectivity index (χ4n) is 3.59. The number of carbonyl (C=O) groups excluding carboxylic acids is 3. The third-order valence-corrected chi connectivity index (χ3v) is 5.20. The van der Waals surface area contributed by atoms with Crippen molar-refractivity contribution in [2.75, 3.05) is 19.6 Å². The van der Waals surface area contributed by atoms with Crippen LogP contribution in [0, 0.1) is 5.92 Å². The zero-order valence-electron chi connectivity index (χ0n) is 15.9. The molecule has 2 fully saturated rings. The summed E-state index contributed by atoms with van der Waals surface area (Å²) in [4.78, 5) is 40.1. The van der Waals surface area contributed by atoms with Gasteiger partial charge in [-0.05, 0) is 38.8 Å². The number of nitrogens with one attached hydrogen (secondary N) is 1. The Bertz CT molecular complexity index is 684. The Balaban J connectivity index is 1.43. The van der Waals surface area contributed by atoms with E-state index in [4.69, 9.17) is 4.74 Å². The number of piperidine rings is 1. The maximum Gasteiger partial charge on any atom is 0.415 e. The summed E-state index contributed by atoms with van der Waals surface area (Å²) in [6.07, 6.45) is 1.29. The minimum atomic E-state index is -0.361. The highest BCUT2D eigenvalue weighted by Gasteiger charge is 2.36. The van der Waals surface area contributed by atoms with E-state index in [0.717, 1.165) is 0 Å². The zero-order chi connectivity index (χ0) is 19.4. The lowest BCUT2D eigenvalue weighted by atomic mass is 10.0. The molecule has 2 aliphatic rings. The summed E-state index contributed by atoms with van der Waals surface area (Å²) in [6.45, 7) is 5.49. The molecular formula is C20H27N3O4. The van der Waals surface area contributed by atoms with E-state index in [2.05, 4.69) is 5.32 Å². The third kappa shape index (κ3) is 4.78. The van der Waals surface area contributed by atoms with E-state index < -0.39 is 0 Å². The molecule has 1 atom stereocenters. The minimum Gasteiger partial charge on any atom is -0.410 e. The summed E-state index contributed by atoms with van der Waals surface area (Å²) < 4.78 is 5.35. The lowest BCUT2D eigenvalue weighted by Gasteiger charge is -2.32. The first kappa shape index (κ1) is 19.2. The maximum absolute atomic E-state index is 12.5. The molecule has 0 aromatic heterocycles. The second kappa shape index (κ2) is 8.41. The standard InChI is InChI=1S/C20H27N3O4/c1-14(2)23-13-15(12-18(23)24)19(25)21-16-8-10-22(11-9-16)20(26)27-17-6-4-3-5-7-17/h3-7,14-16H,8-13H2,1-2H3,(H,21,25). The van der Waals surface area contributed by atoms with E-state index in [-0.39, 0.29) is 42.3 Å². The number of likely N-dealkylation sites (tertiary alicyclic amines) is 2. The summed E-state index contributed by atoms with van der Waals surface area (Å²) in [7, 11) is 0. The molecule has 2 aliphatic heterocycles.